The van der Waals surface area contributed by atoms with Crippen molar-refractivity contribution in [1.29, 1.82) is 0 Å². The van der Waals surface area contributed by atoms with Gasteiger partial charge in [0.1, 0.15) is 24.4 Å². The van der Waals surface area contributed by atoms with Gasteiger partial charge in [-0.25, -0.2) is 0 Å². The van der Waals surface area contributed by atoms with E-state index in [4.69, 9.17) is 5.11 Å². The SMILES string of the molecule is CN(CC(O)C(O)C(O)C(O)CO)C(=O)c1ccc(CN(Cc2ccccc2)Cc2ccccc2)nc1. The first-order valence-corrected chi connectivity index (χ1v) is 12.1. The zero-order valence-corrected chi connectivity index (χ0v) is 20.8. The Morgan fingerprint density at radius 2 is 1.32 bits per heavy atom. The minimum absolute atomic E-state index is 0.293. The van der Waals surface area contributed by atoms with Crippen LogP contribution >= 0.6 is 0 Å². The molecule has 3 aromatic rings. The number of pyridine rings is 1. The van der Waals surface area contributed by atoms with E-state index in [1.165, 1.54) is 29.3 Å². The molecule has 0 aliphatic rings. The van der Waals surface area contributed by atoms with E-state index < -0.39 is 36.9 Å². The van der Waals surface area contributed by atoms with Crippen LogP contribution in [0.2, 0.25) is 0 Å². The van der Waals surface area contributed by atoms with Crippen LogP contribution in [-0.4, -0.2) is 90.8 Å². The number of nitrogens with zero attached hydrogens (tertiary/aromatic N) is 3. The molecule has 0 bridgehead atoms. The Morgan fingerprint density at radius 3 is 1.81 bits per heavy atom. The molecule has 1 heterocycles. The van der Waals surface area contributed by atoms with Gasteiger partial charge in [-0.3, -0.25) is 14.7 Å². The maximum absolute atomic E-state index is 12.8. The topological polar surface area (TPSA) is 138 Å². The van der Waals surface area contributed by atoms with Gasteiger partial charge in [0, 0.05) is 39.4 Å². The van der Waals surface area contributed by atoms with Crippen molar-refractivity contribution < 1.29 is 30.3 Å². The number of benzene rings is 2. The average molecular weight is 510 g/mol. The molecule has 198 valence electrons. The summed E-state index contributed by atoms with van der Waals surface area (Å²) in [5.74, 6) is -0.423. The summed E-state index contributed by atoms with van der Waals surface area (Å²) in [7, 11) is 1.45. The van der Waals surface area contributed by atoms with Crippen LogP contribution in [0, 0.1) is 0 Å². The van der Waals surface area contributed by atoms with E-state index in [2.05, 4.69) is 34.1 Å². The molecule has 0 aliphatic heterocycles. The molecule has 4 atom stereocenters. The molecule has 2 aromatic carbocycles. The van der Waals surface area contributed by atoms with E-state index in [0.29, 0.717) is 12.1 Å². The Labute approximate surface area is 216 Å². The highest BCUT2D eigenvalue weighted by molar-refractivity contribution is 5.93. The maximum atomic E-state index is 12.8. The van der Waals surface area contributed by atoms with Crippen molar-refractivity contribution in [2.45, 2.75) is 44.1 Å². The summed E-state index contributed by atoms with van der Waals surface area (Å²) in [5.41, 5.74) is 3.47. The van der Waals surface area contributed by atoms with Crippen LogP contribution in [0.4, 0.5) is 0 Å². The molecule has 4 unspecified atom stereocenters. The molecule has 9 nitrogen and oxygen atoms in total. The van der Waals surface area contributed by atoms with Crippen molar-refractivity contribution in [1.82, 2.24) is 14.8 Å². The molecular weight excluding hydrogens is 474 g/mol. The lowest BCUT2D eigenvalue weighted by atomic mass is 10.0. The number of amides is 1. The summed E-state index contributed by atoms with van der Waals surface area (Å²) >= 11 is 0. The summed E-state index contributed by atoms with van der Waals surface area (Å²) in [6.07, 6.45) is -5.14. The summed E-state index contributed by atoms with van der Waals surface area (Å²) in [4.78, 5) is 20.8. The normalized spacial score (nSPS) is 14.7. The first-order valence-electron chi connectivity index (χ1n) is 12.1. The number of aliphatic hydroxyl groups is 5. The van der Waals surface area contributed by atoms with Crippen molar-refractivity contribution in [2.75, 3.05) is 20.2 Å². The Balaban J connectivity index is 1.63. The molecule has 5 N–H and O–H groups in total. The number of carbonyl (C=O) groups excluding carboxylic acids is 1. The van der Waals surface area contributed by atoms with Gasteiger partial charge in [0.15, 0.2) is 0 Å². The van der Waals surface area contributed by atoms with Crippen molar-refractivity contribution >= 4 is 5.91 Å². The number of hydrogen-bond acceptors (Lipinski definition) is 8. The quantitative estimate of drug-likeness (QED) is 0.228. The zero-order valence-electron chi connectivity index (χ0n) is 20.8. The molecule has 0 spiro atoms. The lowest BCUT2D eigenvalue weighted by Gasteiger charge is -2.28. The highest BCUT2D eigenvalue weighted by Gasteiger charge is 2.31. The first kappa shape index (κ1) is 28.4. The van der Waals surface area contributed by atoms with Crippen LogP contribution in [0.5, 0.6) is 0 Å². The lowest BCUT2D eigenvalue weighted by Crippen LogP contribution is -2.50. The molecule has 0 radical (unpaired) electrons. The third kappa shape index (κ3) is 8.43. The Kier molecular flexibility index (Phi) is 10.7. The van der Waals surface area contributed by atoms with Gasteiger partial charge in [-0.05, 0) is 23.3 Å². The van der Waals surface area contributed by atoms with E-state index >= 15 is 0 Å². The molecule has 0 fully saturated rings. The second-order valence-electron chi connectivity index (χ2n) is 9.14. The second kappa shape index (κ2) is 13.9. The van der Waals surface area contributed by atoms with Gasteiger partial charge in [-0.1, -0.05) is 60.7 Å². The highest BCUT2D eigenvalue weighted by Crippen LogP contribution is 2.15. The summed E-state index contributed by atoms with van der Waals surface area (Å²) < 4.78 is 0. The van der Waals surface area contributed by atoms with Gasteiger partial charge in [0.05, 0.1) is 17.9 Å². The van der Waals surface area contributed by atoms with Crippen LogP contribution in [-0.2, 0) is 19.6 Å². The first-order chi connectivity index (χ1) is 17.8. The second-order valence-corrected chi connectivity index (χ2v) is 9.14. The molecule has 0 saturated carbocycles. The van der Waals surface area contributed by atoms with E-state index in [9.17, 15) is 25.2 Å². The minimum Gasteiger partial charge on any atom is -0.394 e. The van der Waals surface area contributed by atoms with Crippen LogP contribution < -0.4 is 0 Å². The largest absolute Gasteiger partial charge is 0.394 e. The molecule has 37 heavy (non-hydrogen) atoms. The number of aliphatic hydroxyl groups excluding tert-OH is 5. The van der Waals surface area contributed by atoms with Gasteiger partial charge in [0.2, 0.25) is 0 Å². The Hall–Kier alpha value is -3.18. The number of aromatic nitrogens is 1. The van der Waals surface area contributed by atoms with Crippen molar-refractivity contribution in [2.24, 2.45) is 0 Å². The molecule has 1 amide bonds. The van der Waals surface area contributed by atoms with Crippen LogP contribution in [0.15, 0.2) is 79.0 Å². The predicted molar refractivity (Wildman–Crippen MR) is 138 cm³/mol. The molecule has 1 aromatic heterocycles. The van der Waals surface area contributed by atoms with E-state index in [0.717, 1.165) is 18.8 Å². The molecule has 0 saturated heterocycles. The molecule has 3 rings (SSSR count). The molecule has 9 heteroatoms. The third-order valence-electron chi connectivity index (χ3n) is 6.09. The zero-order chi connectivity index (χ0) is 26.8. The van der Waals surface area contributed by atoms with Gasteiger partial charge in [0.25, 0.3) is 5.91 Å². The highest BCUT2D eigenvalue weighted by atomic mass is 16.4. The van der Waals surface area contributed by atoms with Gasteiger partial charge < -0.3 is 30.4 Å². The van der Waals surface area contributed by atoms with Crippen LogP contribution in [0.3, 0.4) is 0 Å². The van der Waals surface area contributed by atoms with Crippen LogP contribution in [0.1, 0.15) is 27.2 Å². The monoisotopic (exact) mass is 509 g/mol. The fourth-order valence-corrected chi connectivity index (χ4v) is 3.98. The predicted octanol–water partition coefficient (Wildman–Crippen LogP) is 0.792. The standard InChI is InChI=1S/C28H35N3O6/c1-30(18-24(33)26(35)27(36)25(34)19-32)28(37)22-12-13-23(29-14-22)17-31(15-20-8-4-2-5-9-20)16-21-10-6-3-7-11-21/h2-14,24-27,32-36H,15-19H2,1H3. The third-order valence-corrected chi connectivity index (χ3v) is 6.09. The van der Waals surface area contributed by atoms with E-state index in [1.54, 1.807) is 12.1 Å². The molecular formula is C28H35N3O6. The van der Waals surface area contributed by atoms with Gasteiger partial charge in [-0.2, -0.15) is 0 Å². The van der Waals surface area contributed by atoms with Gasteiger partial charge in [-0.15, -0.1) is 0 Å². The summed E-state index contributed by atoms with van der Waals surface area (Å²) in [5, 5.41) is 48.3. The average Bonchev–Trinajstić information content (AvgIpc) is 2.92. The van der Waals surface area contributed by atoms with Crippen molar-refractivity contribution in [3.05, 3.63) is 101 Å². The molecule has 0 aliphatic carbocycles. The van der Waals surface area contributed by atoms with Crippen molar-refractivity contribution in [3.8, 4) is 0 Å². The summed E-state index contributed by atoms with van der Waals surface area (Å²) in [6, 6.07) is 23.8. The number of rotatable bonds is 13. The van der Waals surface area contributed by atoms with E-state index in [1.807, 2.05) is 36.4 Å². The number of hydrogen-bond donors (Lipinski definition) is 5. The fourth-order valence-electron chi connectivity index (χ4n) is 3.98. The fraction of sp³-hybridized carbons (Fsp3) is 0.357. The van der Waals surface area contributed by atoms with Crippen molar-refractivity contribution in [3.63, 3.8) is 0 Å². The minimum atomic E-state index is -1.75. The summed E-state index contributed by atoms with van der Waals surface area (Å²) in [6.45, 7) is 0.977. The Bertz CT molecular complexity index is 1040. The van der Waals surface area contributed by atoms with Gasteiger partial charge >= 0.3 is 0 Å². The Morgan fingerprint density at radius 1 is 0.784 bits per heavy atom. The van der Waals surface area contributed by atoms with Crippen LogP contribution in [0.25, 0.3) is 0 Å². The smallest absolute Gasteiger partial charge is 0.255 e. The van der Waals surface area contributed by atoms with E-state index in [-0.39, 0.29) is 6.54 Å². The number of carbonyl (C=O) groups is 1. The lowest BCUT2D eigenvalue weighted by molar-refractivity contribution is -0.117. The number of likely N-dealkylation sites (N-methyl/N-ethyl adjacent to an activating group) is 1. The maximum Gasteiger partial charge on any atom is 0.255 e.